The topological polar surface area (TPSA) is 72.6 Å². The first-order valence-electron chi connectivity index (χ1n) is 3.30. The summed E-state index contributed by atoms with van der Waals surface area (Å²) in [5.41, 5.74) is 5.25. The highest BCUT2D eigenvalue weighted by atomic mass is 16.5. The molecule has 5 nitrogen and oxygen atoms in total. The van der Waals surface area contributed by atoms with Crippen molar-refractivity contribution in [3.8, 4) is 0 Å². The van der Waals surface area contributed by atoms with Crippen molar-refractivity contribution in [1.29, 1.82) is 0 Å². The third kappa shape index (κ3) is 3.72. The molecule has 2 N–H and O–H groups in total. The second-order valence-corrected chi connectivity index (χ2v) is 2.21. The van der Waals surface area contributed by atoms with Crippen LogP contribution in [0.2, 0.25) is 0 Å². The van der Waals surface area contributed by atoms with Crippen molar-refractivity contribution in [2.24, 2.45) is 5.73 Å². The first-order chi connectivity index (χ1) is 5.61. The SMILES string of the molecule is COCN(C=O)/C=C(/C)C(N)=O. The molecule has 0 radical (unpaired) electrons. The number of rotatable bonds is 5. The van der Waals surface area contributed by atoms with Gasteiger partial charge in [0.1, 0.15) is 6.73 Å². The molecule has 0 aliphatic heterocycles. The Hall–Kier alpha value is -1.36. The number of hydrogen-bond donors (Lipinski definition) is 1. The number of ether oxygens (including phenoxy) is 1. The number of nitrogens with two attached hydrogens (primary N) is 1. The summed E-state index contributed by atoms with van der Waals surface area (Å²) in [7, 11) is 1.45. The summed E-state index contributed by atoms with van der Waals surface area (Å²) < 4.78 is 4.67. The molecule has 0 unspecified atom stereocenters. The molecule has 0 aromatic heterocycles. The molecule has 0 aromatic rings. The zero-order chi connectivity index (χ0) is 9.56. The Kier molecular flexibility index (Phi) is 4.71. The van der Waals surface area contributed by atoms with Crippen molar-refractivity contribution in [2.75, 3.05) is 13.8 Å². The summed E-state index contributed by atoms with van der Waals surface area (Å²) in [6, 6.07) is 0. The van der Waals surface area contributed by atoms with Crippen molar-refractivity contribution in [3.05, 3.63) is 11.8 Å². The van der Waals surface area contributed by atoms with E-state index in [2.05, 4.69) is 4.74 Å². The lowest BCUT2D eigenvalue weighted by Crippen LogP contribution is -2.21. The summed E-state index contributed by atoms with van der Waals surface area (Å²) in [5, 5.41) is 0. The van der Waals surface area contributed by atoms with Crippen molar-refractivity contribution in [2.45, 2.75) is 6.92 Å². The standard InChI is InChI=1S/C7H12N2O3/c1-6(7(8)11)3-9(4-10)5-12-2/h3-4H,5H2,1-2H3,(H2,8,11)/b6-3-. The van der Waals surface area contributed by atoms with Gasteiger partial charge in [-0.25, -0.2) is 0 Å². The molecule has 0 saturated carbocycles. The van der Waals surface area contributed by atoms with E-state index in [1.165, 1.54) is 25.1 Å². The van der Waals surface area contributed by atoms with E-state index in [1.807, 2.05) is 0 Å². The fourth-order valence-electron chi connectivity index (χ4n) is 0.560. The van der Waals surface area contributed by atoms with Gasteiger partial charge in [-0.05, 0) is 6.92 Å². The van der Waals surface area contributed by atoms with Gasteiger partial charge in [0.25, 0.3) is 0 Å². The van der Waals surface area contributed by atoms with Gasteiger partial charge in [-0.3, -0.25) is 14.5 Å². The van der Waals surface area contributed by atoms with Crippen LogP contribution in [0.3, 0.4) is 0 Å². The summed E-state index contributed by atoms with van der Waals surface area (Å²) in [6.07, 6.45) is 1.88. The van der Waals surface area contributed by atoms with Crippen molar-refractivity contribution >= 4 is 12.3 Å². The van der Waals surface area contributed by atoms with Crippen LogP contribution in [0.4, 0.5) is 0 Å². The smallest absolute Gasteiger partial charge is 0.245 e. The lowest BCUT2D eigenvalue weighted by molar-refractivity contribution is -0.119. The minimum Gasteiger partial charge on any atom is -0.366 e. The molecule has 2 amide bonds. The molecular formula is C7H12N2O3. The van der Waals surface area contributed by atoms with Crippen molar-refractivity contribution in [3.63, 3.8) is 0 Å². The van der Waals surface area contributed by atoms with E-state index in [-0.39, 0.29) is 6.73 Å². The maximum absolute atomic E-state index is 10.5. The monoisotopic (exact) mass is 172 g/mol. The molecule has 0 atom stereocenters. The Bertz CT molecular complexity index is 201. The van der Waals surface area contributed by atoms with Crippen LogP contribution in [-0.2, 0) is 14.3 Å². The minimum atomic E-state index is -0.557. The van der Waals surface area contributed by atoms with Gasteiger partial charge in [0.15, 0.2) is 0 Å². The van der Waals surface area contributed by atoms with Crippen LogP contribution < -0.4 is 5.73 Å². The summed E-state index contributed by atoms with van der Waals surface area (Å²) >= 11 is 0. The van der Waals surface area contributed by atoms with Gasteiger partial charge in [-0.2, -0.15) is 0 Å². The van der Waals surface area contributed by atoms with Gasteiger partial charge in [0, 0.05) is 18.9 Å². The molecule has 0 aliphatic carbocycles. The molecule has 12 heavy (non-hydrogen) atoms. The van der Waals surface area contributed by atoms with E-state index in [0.717, 1.165) is 0 Å². The number of amides is 2. The number of nitrogens with zero attached hydrogens (tertiary/aromatic N) is 1. The van der Waals surface area contributed by atoms with Gasteiger partial charge in [0.05, 0.1) is 0 Å². The van der Waals surface area contributed by atoms with Crippen molar-refractivity contribution in [1.82, 2.24) is 4.90 Å². The zero-order valence-electron chi connectivity index (χ0n) is 7.11. The van der Waals surface area contributed by atoms with E-state index < -0.39 is 5.91 Å². The first-order valence-corrected chi connectivity index (χ1v) is 3.30. The van der Waals surface area contributed by atoms with Crippen LogP contribution in [0.25, 0.3) is 0 Å². The van der Waals surface area contributed by atoms with Crippen LogP contribution in [-0.4, -0.2) is 31.1 Å². The first kappa shape index (κ1) is 10.6. The normalized spacial score (nSPS) is 11.0. The molecule has 0 aromatic carbocycles. The summed E-state index contributed by atoms with van der Waals surface area (Å²) in [4.78, 5) is 22.0. The third-order valence-corrected chi connectivity index (χ3v) is 1.16. The lowest BCUT2D eigenvalue weighted by Gasteiger charge is -2.10. The van der Waals surface area contributed by atoms with Gasteiger partial charge >= 0.3 is 0 Å². The van der Waals surface area contributed by atoms with Gasteiger partial charge in [-0.1, -0.05) is 0 Å². The molecule has 0 heterocycles. The second kappa shape index (κ2) is 5.31. The van der Waals surface area contributed by atoms with Crippen LogP contribution in [0, 0.1) is 0 Å². The number of carbonyl (C=O) groups excluding carboxylic acids is 2. The van der Waals surface area contributed by atoms with E-state index in [9.17, 15) is 9.59 Å². The number of carbonyl (C=O) groups is 2. The molecule has 0 fully saturated rings. The minimum absolute atomic E-state index is 0.105. The maximum atomic E-state index is 10.5. The highest BCUT2D eigenvalue weighted by molar-refractivity contribution is 5.91. The molecule has 0 aliphatic rings. The van der Waals surface area contributed by atoms with E-state index >= 15 is 0 Å². The van der Waals surface area contributed by atoms with E-state index in [1.54, 1.807) is 0 Å². The maximum Gasteiger partial charge on any atom is 0.245 e. The van der Waals surface area contributed by atoms with Crippen LogP contribution in [0.5, 0.6) is 0 Å². The van der Waals surface area contributed by atoms with Crippen LogP contribution in [0.15, 0.2) is 11.8 Å². The number of methoxy groups -OCH3 is 1. The largest absolute Gasteiger partial charge is 0.366 e. The Morgan fingerprint density at radius 3 is 2.58 bits per heavy atom. The van der Waals surface area contributed by atoms with Crippen LogP contribution in [0.1, 0.15) is 6.92 Å². The number of hydrogen-bond acceptors (Lipinski definition) is 3. The summed E-state index contributed by atoms with van der Waals surface area (Å²) in [5.74, 6) is -0.557. The molecule has 0 bridgehead atoms. The van der Waals surface area contributed by atoms with Gasteiger partial charge in [-0.15, -0.1) is 0 Å². The molecule has 0 rings (SSSR count). The Balaban J connectivity index is 4.24. The summed E-state index contributed by atoms with van der Waals surface area (Å²) in [6.45, 7) is 1.63. The lowest BCUT2D eigenvalue weighted by atomic mass is 10.3. The highest BCUT2D eigenvalue weighted by Crippen LogP contribution is 1.94. The van der Waals surface area contributed by atoms with Crippen molar-refractivity contribution < 1.29 is 14.3 Å². The highest BCUT2D eigenvalue weighted by Gasteiger charge is 2.00. The zero-order valence-corrected chi connectivity index (χ0v) is 7.11. The van der Waals surface area contributed by atoms with Gasteiger partial charge < -0.3 is 10.5 Å². The van der Waals surface area contributed by atoms with Gasteiger partial charge in [0.2, 0.25) is 12.3 Å². The molecule has 0 spiro atoms. The van der Waals surface area contributed by atoms with E-state index in [0.29, 0.717) is 12.0 Å². The molecule has 5 heteroatoms. The molecular weight excluding hydrogens is 160 g/mol. The predicted octanol–water partition coefficient (Wildman–Crippen LogP) is -0.562. The molecule has 68 valence electrons. The predicted molar refractivity (Wildman–Crippen MR) is 42.7 cm³/mol. The van der Waals surface area contributed by atoms with E-state index in [4.69, 9.17) is 5.73 Å². The molecule has 0 saturated heterocycles. The quantitative estimate of drug-likeness (QED) is 0.343. The fraction of sp³-hybridized carbons (Fsp3) is 0.429. The second-order valence-electron chi connectivity index (χ2n) is 2.21. The fourth-order valence-corrected chi connectivity index (χ4v) is 0.560. The number of primary amides is 1. The Labute approximate surface area is 70.8 Å². The average molecular weight is 172 g/mol. The Morgan fingerprint density at radius 2 is 2.25 bits per heavy atom. The van der Waals surface area contributed by atoms with Crippen LogP contribution >= 0.6 is 0 Å². The average Bonchev–Trinajstić information content (AvgIpc) is 2.03. The Morgan fingerprint density at radius 1 is 1.67 bits per heavy atom. The third-order valence-electron chi connectivity index (χ3n) is 1.16.